The summed E-state index contributed by atoms with van der Waals surface area (Å²) in [7, 11) is 0. The predicted octanol–water partition coefficient (Wildman–Crippen LogP) is 3.61. The molecule has 0 aromatic heterocycles. The second-order valence-corrected chi connectivity index (χ2v) is 5.73. The Bertz CT molecular complexity index is 399. The summed E-state index contributed by atoms with van der Waals surface area (Å²) < 4.78 is 0. The van der Waals surface area contributed by atoms with Crippen LogP contribution in [0.3, 0.4) is 0 Å². The average molecular weight is 287 g/mol. The molecule has 0 spiro atoms. The Labute approximate surface area is 119 Å². The molecule has 0 N–H and O–H groups in total. The SMILES string of the molecule is CC(C)N1CCN(c2ccc(Cl)cc2CCl)CC1. The molecule has 1 saturated heterocycles. The number of rotatable bonds is 3. The Balaban J connectivity index is 2.09. The van der Waals surface area contributed by atoms with Gasteiger partial charge in [-0.3, -0.25) is 4.90 Å². The van der Waals surface area contributed by atoms with Gasteiger partial charge in [0.05, 0.1) is 0 Å². The van der Waals surface area contributed by atoms with Crippen LogP contribution in [0.15, 0.2) is 18.2 Å². The molecule has 1 aromatic rings. The second kappa shape index (κ2) is 6.14. The van der Waals surface area contributed by atoms with Gasteiger partial charge in [-0.1, -0.05) is 11.6 Å². The van der Waals surface area contributed by atoms with E-state index in [1.54, 1.807) is 0 Å². The van der Waals surface area contributed by atoms with Crippen molar-refractivity contribution in [2.24, 2.45) is 0 Å². The molecule has 1 aromatic carbocycles. The molecule has 1 fully saturated rings. The van der Waals surface area contributed by atoms with Crippen molar-refractivity contribution in [3.63, 3.8) is 0 Å². The van der Waals surface area contributed by atoms with Crippen LogP contribution in [-0.2, 0) is 5.88 Å². The van der Waals surface area contributed by atoms with E-state index in [2.05, 4.69) is 29.7 Å². The van der Waals surface area contributed by atoms with E-state index in [4.69, 9.17) is 23.2 Å². The predicted molar refractivity (Wildman–Crippen MR) is 79.9 cm³/mol. The van der Waals surface area contributed by atoms with Gasteiger partial charge in [-0.05, 0) is 37.6 Å². The molecule has 0 aliphatic carbocycles. The van der Waals surface area contributed by atoms with E-state index in [0.717, 1.165) is 36.8 Å². The van der Waals surface area contributed by atoms with Crippen LogP contribution in [0.4, 0.5) is 5.69 Å². The topological polar surface area (TPSA) is 6.48 Å². The van der Waals surface area contributed by atoms with Gasteiger partial charge in [-0.25, -0.2) is 0 Å². The molecule has 2 rings (SSSR count). The zero-order valence-electron chi connectivity index (χ0n) is 11.0. The zero-order valence-corrected chi connectivity index (χ0v) is 12.5. The van der Waals surface area contributed by atoms with Gasteiger partial charge >= 0.3 is 0 Å². The van der Waals surface area contributed by atoms with Crippen molar-refractivity contribution in [1.29, 1.82) is 0 Å². The van der Waals surface area contributed by atoms with Crippen molar-refractivity contribution in [2.75, 3.05) is 31.1 Å². The van der Waals surface area contributed by atoms with Gasteiger partial charge < -0.3 is 4.90 Å². The standard InChI is InChI=1S/C14H20Cl2N2/c1-11(2)17-5-7-18(8-6-17)14-4-3-13(16)9-12(14)10-15/h3-4,9,11H,5-8,10H2,1-2H3. The highest BCUT2D eigenvalue weighted by molar-refractivity contribution is 6.30. The monoisotopic (exact) mass is 286 g/mol. The Hall–Kier alpha value is -0.440. The lowest BCUT2D eigenvalue weighted by atomic mass is 10.1. The molecule has 0 amide bonds. The molecular formula is C14H20Cl2N2. The van der Waals surface area contributed by atoms with E-state index in [1.807, 2.05) is 12.1 Å². The summed E-state index contributed by atoms with van der Waals surface area (Å²) in [5.74, 6) is 0.514. The van der Waals surface area contributed by atoms with E-state index in [0.29, 0.717) is 11.9 Å². The van der Waals surface area contributed by atoms with Crippen molar-refractivity contribution >= 4 is 28.9 Å². The van der Waals surface area contributed by atoms with E-state index in [9.17, 15) is 0 Å². The first-order valence-corrected chi connectivity index (χ1v) is 7.36. The van der Waals surface area contributed by atoms with Gasteiger partial charge in [0.25, 0.3) is 0 Å². The first-order valence-electron chi connectivity index (χ1n) is 6.45. The summed E-state index contributed by atoms with van der Waals surface area (Å²) in [5, 5.41) is 0.759. The van der Waals surface area contributed by atoms with Crippen LogP contribution in [0.1, 0.15) is 19.4 Å². The first-order chi connectivity index (χ1) is 8.61. The van der Waals surface area contributed by atoms with Gasteiger partial charge in [-0.2, -0.15) is 0 Å². The molecule has 0 bridgehead atoms. The largest absolute Gasteiger partial charge is 0.369 e. The van der Waals surface area contributed by atoms with Gasteiger partial charge in [0, 0.05) is 48.8 Å². The lowest BCUT2D eigenvalue weighted by molar-refractivity contribution is 0.209. The number of benzene rings is 1. The van der Waals surface area contributed by atoms with Crippen molar-refractivity contribution in [1.82, 2.24) is 4.90 Å². The lowest BCUT2D eigenvalue weighted by Crippen LogP contribution is -2.49. The molecule has 0 saturated carbocycles. The highest BCUT2D eigenvalue weighted by Gasteiger charge is 2.20. The summed E-state index contributed by atoms with van der Waals surface area (Å²) in [6, 6.07) is 6.64. The Morgan fingerprint density at radius 3 is 2.39 bits per heavy atom. The Morgan fingerprint density at radius 2 is 1.83 bits per heavy atom. The smallest absolute Gasteiger partial charge is 0.0495 e. The maximum absolute atomic E-state index is 6.01. The third-order valence-electron chi connectivity index (χ3n) is 3.57. The number of nitrogens with zero attached hydrogens (tertiary/aromatic N) is 2. The highest BCUT2D eigenvalue weighted by Crippen LogP contribution is 2.27. The average Bonchev–Trinajstić information content (AvgIpc) is 2.38. The number of halogens is 2. The molecule has 1 aliphatic rings. The lowest BCUT2D eigenvalue weighted by Gasteiger charge is -2.38. The summed E-state index contributed by atoms with van der Waals surface area (Å²) in [6.45, 7) is 8.85. The van der Waals surface area contributed by atoms with Gasteiger partial charge in [-0.15, -0.1) is 11.6 Å². The number of hydrogen-bond donors (Lipinski definition) is 0. The molecule has 0 radical (unpaired) electrons. The summed E-state index contributed by atoms with van der Waals surface area (Å²) in [6.07, 6.45) is 0. The van der Waals surface area contributed by atoms with Crippen LogP contribution in [0, 0.1) is 0 Å². The van der Waals surface area contributed by atoms with Crippen LogP contribution in [-0.4, -0.2) is 37.1 Å². The summed E-state index contributed by atoms with van der Waals surface area (Å²) in [5.41, 5.74) is 2.36. The fraction of sp³-hybridized carbons (Fsp3) is 0.571. The molecule has 4 heteroatoms. The highest BCUT2D eigenvalue weighted by atomic mass is 35.5. The number of piperazine rings is 1. The minimum Gasteiger partial charge on any atom is -0.369 e. The van der Waals surface area contributed by atoms with Gasteiger partial charge in [0.1, 0.15) is 0 Å². The molecule has 100 valence electrons. The fourth-order valence-corrected chi connectivity index (χ4v) is 2.86. The molecule has 18 heavy (non-hydrogen) atoms. The number of alkyl halides is 1. The number of hydrogen-bond acceptors (Lipinski definition) is 2. The molecule has 0 unspecified atom stereocenters. The van der Waals surface area contributed by atoms with Crippen molar-refractivity contribution in [3.05, 3.63) is 28.8 Å². The van der Waals surface area contributed by atoms with Crippen LogP contribution >= 0.6 is 23.2 Å². The minimum absolute atomic E-state index is 0.514. The molecule has 0 atom stereocenters. The molecule has 2 nitrogen and oxygen atoms in total. The van der Waals surface area contributed by atoms with Crippen molar-refractivity contribution in [3.8, 4) is 0 Å². The van der Waals surface area contributed by atoms with E-state index in [1.165, 1.54) is 5.69 Å². The van der Waals surface area contributed by atoms with Gasteiger partial charge in [0.15, 0.2) is 0 Å². The van der Waals surface area contributed by atoms with Crippen LogP contribution in [0.5, 0.6) is 0 Å². The normalized spacial score (nSPS) is 17.5. The zero-order chi connectivity index (χ0) is 13.1. The molecule has 1 aliphatic heterocycles. The second-order valence-electron chi connectivity index (χ2n) is 5.02. The van der Waals surface area contributed by atoms with Crippen LogP contribution in [0.2, 0.25) is 5.02 Å². The fourth-order valence-electron chi connectivity index (χ4n) is 2.45. The van der Waals surface area contributed by atoms with E-state index >= 15 is 0 Å². The van der Waals surface area contributed by atoms with E-state index in [-0.39, 0.29) is 0 Å². The molecular weight excluding hydrogens is 267 g/mol. The Kier molecular flexibility index (Phi) is 4.77. The Morgan fingerprint density at radius 1 is 1.17 bits per heavy atom. The maximum atomic E-state index is 6.01. The van der Waals surface area contributed by atoms with Gasteiger partial charge in [0.2, 0.25) is 0 Å². The summed E-state index contributed by atoms with van der Waals surface area (Å²) in [4.78, 5) is 4.92. The third kappa shape index (κ3) is 3.11. The van der Waals surface area contributed by atoms with Crippen LogP contribution in [0.25, 0.3) is 0 Å². The van der Waals surface area contributed by atoms with Crippen LogP contribution < -0.4 is 4.90 Å². The van der Waals surface area contributed by atoms with Crippen molar-refractivity contribution < 1.29 is 0 Å². The van der Waals surface area contributed by atoms with E-state index < -0.39 is 0 Å². The first kappa shape index (κ1) is 14.0. The molecule has 1 heterocycles. The quantitative estimate of drug-likeness (QED) is 0.784. The maximum Gasteiger partial charge on any atom is 0.0495 e. The summed E-state index contributed by atoms with van der Waals surface area (Å²) >= 11 is 12.0. The number of anilines is 1. The minimum atomic E-state index is 0.514. The van der Waals surface area contributed by atoms with Crippen molar-refractivity contribution in [2.45, 2.75) is 25.8 Å². The third-order valence-corrected chi connectivity index (χ3v) is 4.09.